The Balaban J connectivity index is 1.79. The standard InChI is InChI=1S/C32H42F3N3O5/c1-31(2,3)24-25(36-18-22-17-23(32(33,34)35)19-37-28(22)43-16-15-42-4)26(20-11-7-5-8-12-20)38(27(24)30(40)41)29(39)21-13-9-6-10-14-21/h5,7-8,11-12,17,19,21,24-27,36H,6,9-10,13-16,18H2,1-4H3,(H,40,41)/t24-,25-,26-,27-/m1/s1. The number of aromatic nitrogens is 1. The first-order valence-corrected chi connectivity index (χ1v) is 14.9. The van der Waals surface area contributed by atoms with E-state index < -0.39 is 47.2 Å². The van der Waals surface area contributed by atoms with Gasteiger partial charge in [0, 0.05) is 43.3 Å². The Bertz CT molecular complexity index is 1250. The zero-order valence-corrected chi connectivity index (χ0v) is 25.2. The Hall–Kier alpha value is -3.18. The van der Waals surface area contributed by atoms with Crippen molar-refractivity contribution in [2.45, 2.75) is 83.7 Å². The molecule has 0 spiro atoms. The number of methoxy groups -OCH3 is 1. The van der Waals surface area contributed by atoms with Gasteiger partial charge in [-0.05, 0) is 29.9 Å². The average Bonchev–Trinajstić information content (AvgIpc) is 3.33. The second kappa shape index (κ2) is 13.6. The van der Waals surface area contributed by atoms with Crippen molar-refractivity contribution in [3.8, 4) is 5.88 Å². The third-order valence-electron chi connectivity index (χ3n) is 8.58. The summed E-state index contributed by atoms with van der Waals surface area (Å²) < 4.78 is 51.7. The summed E-state index contributed by atoms with van der Waals surface area (Å²) in [7, 11) is 1.49. The van der Waals surface area contributed by atoms with Crippen LogP contribution in [0.4, 0.5) is 13.2 Å². The molecule has 1 saturated carbocycles. The predicted octanol–water partition coefficient (Wildman–Crippen LogP) is 5.86. The van der Waals surface area contributed by atoms with Crippen LogP contribution in [-0.2, 0) is 27.0 Å². The molecule has 2 aliphatic rings. The first-order chi connectivity index (χ1) is 20.3. The van der Waals surface area contributed by atoms with Crippen LogP contribution >= 0.6 is 0 Å². The van der Waals surface area contributed by atoms with Crippen LogP contribution in [0.25, 0.3) is 0 Å². The van der Waals surface area contributed by atoms with E-state index in [1.54, 1.807) is 4.90 Å². The number of rotatable bonds is 10. The smallest absolute Gasteiger partial charge is 0.417 e. The van der Waals surface area contributed by atoms with Crippen LogP contribution in [0.5, 0.6) is 5.88 Å². The lowest BCUT2D eigenvalue weighted by atomic mass is 9.72. The summed E-state index contributed by atoms with van der Waals surface area (Å²) in [5, 5.41) is 14.0. The van der Waals surface area contributed by atoms with Crippen molar-refractivity contribution in [2.24, 2.45) is 17.3 Å². The number of likely N-dealkylation sites (tertiary alicyclic amines) is 1. The lowest BCUT2D eigenvalue weighted by molar-refractivity contribution is -0.154. The third-order valence-corrected chi connectivity index (χ3v) is 8.58. The van der Waals surface area contributed by atoms with E-state index in [0.717, 1.165) is 37.1 Å². The van der Waals surface area contributed by atoms with Crippen molar-refractivity contribution in [2.75, 3.05) is 20.3 Å². The van der Waals surface area contributed by atoms with Gasteiger partial charge in [0.2, 0.25) is 11.8 Å². The fourth-order valence-corrected chi connectivity index (χ4v) is 6.65. The molecule has 1 aliphatic carbocycles. The number of carbonyl (C=O) groups is 2. The molecular formula is C32H42F3N3O5. The summed E-state index contributed by atoms with van der Waals surface area (Å²) in [6, 6.07) is 7.89. The number of pyridine rings is 1. The van der Waals surface area contributed by atoms with Crippen LogP contribution < -0.4 is 10.1 Å². The molecule has 0 bridgehead atoms. The van der Waals surface area contributed by atoms with Crippen molar-refractivity contribution in [1.82, 2.24) is 15.2 Å². The van der Waals surface area contributed by atoms with E-state index in [4.69, 9.17) is 9.47 Å². The Morgan fingerprint density at radius 3 is 2.33 bits per heavy atom. The number of carbonyl (C=O) groups excluding carboxylic acids is 1. The van der Waals surface area contributed by atoms with Crippen LogP contribution in [0.2, 0.25) is 0 Å². The molecule has 1 aliphatic heterocycles. The summed E-state index contributed by atoms with van der Waals surface area (Å²) in [5.74, 6) is -2.08. The van der Waals surface area contributed by atoms with Crippen LogP contribution in [0, 0.1) is 17.3 Å². The summed E-state index contributed by atoms with van der Waals surface area (Å²) in [5.41, 5.74) is -0.561. The number of aliphatic carboxylic acids is 1. The summed E-state index contributed by atoms with van der Waals surface area (Å²) in [6.45, 7) is 6.03. The highest BCUT2D eigenvalue weighted by atomic mass is 19.4. The van der Waals surface area contributed by atoms with Gasteiger partial charge in [-0.25, -0.2) is 9.78 Å². The van der Waals surface area contributed by atoms with E-state index in [9.17, 15) is 27.9 Å². The zero-order valence-electron chi connectivity index (χ0n) is 25.2. The number of carboxylic acid groups (broad SMARTS) is 1. The Labute approximate surface area is 251 Å². The summed E-state index contributed by atoms with van der Waals surface area (Å²) >= 11 is 0. The maximum atomic E-state index is 14.2. The van der Waals surface area contributed by atoms with E-state index in [1.165, 1.54) is 7.11 Å². The molecule has 236 valence electrons. The van der Waals surface area contributed by atoms with E-state index >= 15 is 0 Å². The lowest BCUT2D eigenvalue weighted by Gasteiger charge is -2.36. The fraction of sp³-hybridized carbons (Fsp3) is 0.594. The number of amides is 1. The molecular weight excluding hydrogens is 563 g/mol. The van der Waals surface area contributed by atoms with Crippen LogP contribution in [0.3, 0.4) is 0 Å². The van der Waals surface area contributed by atoms with E-state index in [-0.39, 0.29) is 43.0 Å². The maximum absolute atomic E-state index is 14.2. The van der Waals surface area contributed by atoms with E-state index in [1.807, 2.05) is 51.1 Å². The lowest BCUT2D eigenvalue weighted by Crippen LogP contribution is -2.49. The zero-order chi connectivity index (χ0) is 31.4. The number of hydrogen-bond donors (Lipinski definition) is 2. The van der Waals surface area contributed by atoms with Gasteiger partial charge >= 0.3 is 12.1 Å². The molecule has 4 atom stereocenters. The molecule has 11 heteroatoms. The Kier molecular flexibility index (Phi) is 10.4. The first-order valence-electron chi connectivity index (χ1n) is 14.9. The van der Waals surface area contributed by atoms with Crippen molar-refractivity contribution in [3.05, 3.63) is 59.3 Å². The number of nitrogens with one attached hydrogen (secondary N) is 1. The molecule has 1 saturated heterocycles. The van der Waals surface area contributed by atoms with E-state index in [2.05, 4.69) is 10.3 Å². The largest absolute Gasteiger partial charge is 0.480 e. The van der Waals surface area contributed by atoms with Gasteiger partial charge in [0.1, 0.15) is 12.6 Å². The SMILES string of the molecule is COCCOc1ncc(C(F)(F)F)cc1CN[C@@H]1[C@@H](C(C)(C)C)[C@H](C(=O)O)N(C(=O)C2CCCCC2)[C@@H]1c1ccccc1. The van der Waals surface area contributed by atoms with Crippen LogP contribution in [-0.4, -0.2) is 59.3 Å². The second-order valence-corrected chi connectivity index (χ2v) is 12.5. The van der Waals surface area contributed by atoms with Crippen molar-refractivity contribution in [1.29, 1.82) is 0 Å². The number of hydrogen-bond acceptors (Lipinski definition) is 6. The van der Waals surface area contributed by atoms with Crippen molar-refractivity contribution in [3.63, 3.8) is 0 Å². The van der Waals surface area contributed by atoms with Crippen molar-refractivity contribution >= 4 is 11.9 Å². The monoisotopic (exact) mass is 605 g/mol. The van der Waals surface area contributed by atoms with Gasteiger partial charge < -0.3 is 24.8 Å². The number of alkyl halides is 3. The van der Waals surface area contributed by atoms with Gasteiger partial charge in [-0.2, -0.15) is 13.2 Å². The molecule has 2 heterocycles. The highest BCUT2D eigenvalue weighted by molar-refractivity contribution is 5.87. The number of benzene rings is 1. The van der Waals surface area contributed by atoms with Gasteiger partial charge in [0.15, 0.2) is 0 Å². The number of carboxylic acids is 1. The predicted molar refractivity (Wildman–Crippen MR) is 154 cm³/mol. The molecule has 2 fully saturated rings. The van der Waals surface area contributed by atoms with Gasteiger partial charge in [0.25, 0.3) is 0 Å². The third kappa shape index (κ3) is 7.49. The molecule has 4 rings (SSSR count). The molecule has 2 aromatic rings. The summed E-state index contributed by atoms with van der Waals surface area (Å²) in [4.78, 5) is 32.8. The Morgan fingerprint density at radius 1 is 1.07 bits per heavy atom. The van der Waals surface area contributed by atoms with E-state index in [0.29, 0.717) is 12.8 Å². The van der Waals surface area contributed by atoms with Crippen LogP contribution in [0.15, 0.2) is 42.6 Å². The second-order valence-electron chi connectivity index (χ2n) is 12.5. The highest BCUT2D eigenvalue weighted by Gasteiger charge is 2.58. The summed E-state index contributed by atoms with van der Waals surface area (Å²) in [6.07, 6.45) is 0.407. The molecule has 0 radical (unpaired) electrons. The number of halogens is 3. The van der Waals surface area contributed by atoms with Crippen LogP contribution in [0.1, 0.15) is 75.6 Å². The van der Waals surface area contributed by atoms with Gasteiger partial charge in [-0.3, -0.25) is 4.79 Å². The molecule has 1 aromatic heterocycles. The minimum absolute atomic E-state index is 0.0315. The maximum Gasteiger partial charge on any atom is 0.417 e. The van der Waals surface area contributed by atoms with Gasteiger partial charge in [-0.1, -0.05) is 70.4 Å². The molecule has 2 N–H and O–H groups in total. The van der Waals surface area contributed by atoms with Gasteiger partial charge in [0.05, 0.1) is 18.2 Å². The molecule has 0 unspecified atom stereocenters. The molecule has 1 amide bonds. The highest BCUT2D eigenvalue weighted by Crippen LogP contribution is 2.49. The van der Waals surface area contributed by atoms with Gasteiger partial charge in [-0.15, -0.1) is 0 Å². The normalized spacial score (nSPS) is 23.4. The number of ether oxygens (including phenoxy) is 2. The topological polar surface area (TPSA) is 101 Å². The molecule has 43 heavy (non-hydrogen) atoms. The Morgan fingerprint density at radius 2 is 1.74 bits per heavy atom. The van der Waals surface area contributed by atoms with Crippen molar-refractivity contribution < 1.29 is 37.3 Å². The minimum Gasteiger partial charge on any atom is -0.480 e. The fourth-order valence-electron chi connectivity index (χ4n) is 6.65. The average molecular weight is 606 g/mol. The first kappa shape index (κ1) is 32.7. The molecule has 1 aromatic carbocycles. The number of nitrogens with zero attached hydrogens (tertiary/aromatic N) is 2. The molecule has 8 nitrogen and oxygen atoms in total. The quantitative estimate of drug-likeness (QED) is 0.327. The minimum atomic E-state index is -4.61.